The average Bonchev–Trinajstić information content (AvgIpc) is 2.28. The molecule has 4 nitrogen and oxygen atoms in total. The van der Waals surface area contributed by atoms with E-state index in [0.717, 1.165) is 0 Å². The maximum Gasteiger partial charge on any atom is 0.335 e. The molecule has 0 aliphatic rings. The van der Waals surface area contributed by atoms with Crippen molar-refractivity contribution in [2.24, 2.45) is 0 Å². The molecular weight excluding hydrogens is 252 g/mol. The van der Waals surface area contributed by atoms with E-state index in [-0.39, 0.29) is 10.3 Å². The number of benzene rings is 1. The van der Waals surface area contributed by atoms with E-state index < -0.39 is 16.8 Å². The molecule has 0 heterocycles. The Balaban J connectivity index is 2.52. The van der Waals surface area contributed by atoms with Crippen LogP contribution in [0.2, 0.25) is 0 Å². The van der Waals surface area contributed by atoms with E-state index >= 15 is 0 Å². The van der Waals surface area contributed by atoms with Gasteiger partial charge in [0, 0.05) is 15.5 Å². The van der Waals surface area contributed by atoms with Crippen molar-refractivity contribution in [1.82, 2.24) is 0 Å². The summed E-state index contributed by atoms with van der Waals surface area (Å²) in [7, 11) is -0.966. The molecule has 0 spiro atoms. The molecule has 0 aromatic heterocycles. The van der Waals surface area contributed by atoms with Crippen LogP contribution in [0, 0.1) is 0 Å². The van der Waals surface area contributed by atoms with Gasteiger partial charge in [0.05, 0.1) is 17.9 Å². The Kier molecular flexibility index (Phi) is 4.90. The second-order valence-corrected chi connectivity index (χ2v) is 7.17. The van der Waals surface area contributed by atoms with Gasteiger partial charge in [-0.3, -0.25) is 4.21 Å². The van der Waals surface area contributed by atoms with Crippen LogP contribution in [0.1, 0.15) is 31.1 Å². The molecule has 0 aliphatic carbocycles. The SMILES string of the molecule is CC(C)(C)S(=O)CCOc1cccc(C(=O)O)c1. The van der Waals surface area contributed by atoms with Crippen LogP contribution in [0.25, 0.3) is 0 Å². The zero-order valence-electron chi connectivity index (χ0n) is 10.8. The van der Waals surface area contributed by atoms with Gasteiger partial charge in [0.2, 0.25) is 0 Å². The van der Waals surface area contributed by atoms with Gasteiger partial charge in [0.1, 0.15) is 5.75 Å². The number of aromatic carboxylic acids is 1. The summed E-state index contributed by atoms with van der Waals surface area (Å²) in [5.41, 5.74) is 0.185. The van der Waals surface area contributed by atoms with Crippen molar-refractivity contribution < 1.29 is 18.8 Å². The van der Waals surface area contributed by atoms with E-state index in [1.165, 1.54) is 12.1 Å². The van der Waals surface area contributed by atoms with Gasteiger partial charge in [-0.15, -0.1) is 0 Å². The summed E-state index contributed by atoms with van der Waals surface area (Å²) >= 11 is 0. The van der Waals surface area contributed by atoms with E-state index in [4.69, 9.17) is 9.84 Å². The van der Waals surface area contributed by atoms with E-state index in [2.05, 4.69) is 0 Å². The average molecular weight is 270 g/mol. The molecule has 0 saturated heterocycles. The highest BCUT2D eigenvalue weighted by Gasteiger charge is 2.18. The van der Waals surface area contributed by atoms with Gasteiger partial charge in [-0.2, -0.15) is 0 Å². The molecule has 0 aliphatic heterocycles. The van der Waals surface area contributed by atoms with Crippen molar-refractivity contribution in [1.29, 1.82) is 0 Å². The molecule has 1 atom stereocenters. The van der Waals surface area contributed by atoms with Gasteiger partial charge < -0.3 is 9.84 Å². The van der Waals surface area contributed by atoms with Crippen molar-refractivity contribution in [2.45, 2.75) is 25.5 Å². The maximum absolute atomic E-state index is 11.8. The summed E-state index contributed by atoms with van der Waals surface area (Å²) in [5, 5.41) is 8.83. The quantitative estimate of drug-likeness (QED) is 0.891. The predicted molar refractivity (Wildman–Crippen MR) is 71.7 cm³/mol. The van der Waals surface area contributed by atoms with Crippen LogP contribution >= 0.6 is 0 Å². The second kappa shape index (κ2) is 6.00. The van der Waals surface area contributed by atoms with Gasteiger partial charge in [0.25, 0.3) is 0 Å². The number of hydrogen-bond donors (Lipinski definition) is 1. The lowest BCUT2D eigenvalue weighted by atomic mass is 10.2. The molecule has 0 saturated carbocycles. The van der Waals surface area contributed by atoms with Gasteiger partial charge in [-0.05, 0) is 39.0 Å². The number of carboxylic acids is 1. The first kappa shape index (κ1) is 14.7. The molecule has 1 N–H and O–H groups in total. The summed E-state index contributed by atoms with van der Waals surface area (Å²) in [5.74, 6) is -0.0691. The highest BCUT2D eigenvalue weighted by Crippen LogP contribution is 2.15. The van der Waals surface area contributed by atoms with Crippen LogP contribution in [0.5, 0.6) is 5.75 Å². The Labute approximate surface area is 109 Å². The summed E-state index contributed by atoms with van der Waals surface area (Å²) in [6, 6.07) is 6.27. The topological polar surface area (TPSA) is 63.6 Å². The lowest BCUT2D eigenvalue weighted by Gasteiger charge is -2.17. The van der Waals surface area contributed by atoms with Crippen LogP contribution in [0.4, 0.5) is 0 Å². The standard InChI is InChI=1S/C13H18O4S/c1-13(2,3)18(16)8-7-17-11-6-4-5-10(9-11)12(14)15/h4-6,9H,7-8H2,1-3H3,(H,14,15). The Morgan fingerprint density at radius 1 is 1.39 bits per heavy atom. The minimum Gasteiger partial charge on any atom is -0.493 e. The van der Waals surface area contributed by atoms with Gasteiger partial charge in [0.15, 0.2) is 0 Å². The van der Waals surface area contributed by atoms with E-state index in [1.807, 2.05) is 20.8 Å². The molecule has 1 aromatic carbocycles. The normalized spacial score (nSPS) is 13.1. The van der Waals surface area contributed by atoms with Crippen molar-refractivity contribution >= 4 is 16.8 Å². The molecular formula is C13H18O4S. The van der Waals surface area contributed by atoms with Crippen LogP contribution in [0.15, 0.2) is 24.3 Å². The molecule has 0 radical (unpaired) electrons. The van der Waals surface area contributed by atoms with E-state index in [1.54, 1.807) is 12.1 Å². The first-order valence-corrected chi connectivity index (χ1v) is 6.97. The summed E-state index contributed by atoms with van der Waals surface area (Å²) in [4.78, 5) is 10.8. The lowest BCUT2D eigenvalue weighted by Crippen LogP contribution is -2.26. The number of carbonyl (C=O) groups is 1. The van der Waals surface area contributed by atoms with Crippen LogP contribution in [-0.2, 0) is 10.8 Å². The Hall–Kier alpha value is -1.36. The Morgan fingerprint density at radius 2 is 2.06 bits per heavy atom. The molecule has 0 amide bonds. The maximum atomic E-state index is 11.8. The Morgan fingerprint density at radius 3 is 2.61 bits per heavy atom. The number of hydrogen-bond acceptors (Lipinski definition) is 3. The first-order chi connectivity index (χ1) is 8.30. The fraction of sp³-hybridized carbons (Fsp3) is 0.462. The third kappa shape index (κ3) is 4.49. The molecule has 5 heteroatoms. The van der Waals surface area contributed by atoms with Crippen LogP contribution < -0.4 is 4.74 Å². The molecule has 100 valence electrons. The molecule has 0 fully saturated rings. The van der Waals surface area contributed by atoms with Crippen LogP contribution in [-0.4, -0.2) is 32.4 Å². The third-order valence-corrected chi connectivity index (χ3v) is 4.20. The third-order valence-electron chi connectivity index (χ3n) is 2.30. The van der Waals surface area contributed by atoms with Gasteiger partial charge in [-0.25, -0.2) is 4.79 Å². The van der Waals surface area contributed by atoms with Crippen molar-refractivity contribution in [2.75, 3.05) is 12.4 Å². The predicted octanol–water partition coefficient (Wildman–Crippen LogP) is 2.31. The van der Waals surface area contributed by atoms with E-state index in [9.17, 15) is 9.00 Å². The fourth-order valence-electron chi connectivity index (χ4n) is 1.26. The summed E-state index contributed by atoms with van der Waals surface area (Å²) in [6.45, 7) is 6.05. The molecule has 1 unspecified atom stereocenters. The molecule has 18 heavy (non-hydrogen) atoms. The first-order valence-electron chi connectivity index (χ1n) is 5.65. The number of ether oxygens (including phenoxy) is 1. The highest BCUT2D eigenvalue weighted by atomic mass is 32.2. The zero-order valence-corrected chi connectivity index (χ0v) is 11.6. The fourth-order valence-corrected chi connectivity index (χ4v) is 2.11. The molecule has 1 aromatic rings. The second-order valence-electron chi connectivity index (χ2n) is 4.84. The smallest absolute Gasteiger partial charge is 0.335 e. The van der Waals surface area contributed by atoms with Crippen molar-refractivity contribution in [3.8, 4) is 5.75 Å². The van der Waals surface area contributed by atoms with Crippen molar-refractivity contribution in [3.63, 3.8) is 0 Å². The molecule has 0 bridgehead atoms. The highest BCUT2D eigenvalue weighted by molar-refractivity contribution is 7.86. The number of carboxylic acid groups (broad SMARTS) is 1. The largest absolute Gasteiger partial charge is 0.493 e. The van der Waals surface area contributed by atoms with Crippen LogP contribution in [0.3, 0.4) is 0 Å². The van der Waals surface area contributed by atoms with E-state index in [0.29, 0.717) is 18.1 Å². The minimum absolute atomic E-state index is 0.185. The van der Waals surface area contributed by atoms with Crippen molar-refractivity contribution in [3.05, 3.63) is 29.8 Å². The zero-order chi connectivity index (χ0) is 13.8. The lowest BCUT2D eigenvalue weighted by molar-refractivity contribution is 0.0696. The Bertz CT molecular complexity index is 449. The van der Waals surface area contributed by atoms with Gasteiger partial charge >= 0.3 is 5.97 Å². The summed E-state index contributed by atoms with van der Waals surface area (Å²) < 4.78 is 16.9. The minimum atomic E-state index is -0.987. The monoisotopic (exact) mass is 270 g/mol. The van der Waals surface area contributed by atoms with Gasteiger partial charge in [-0.1, -0.05) is 6.07 Å². The number of rotatable bonds is 5. The summed E-state index contributed by atoms with van der Waals surface area (Å²) in [6.07, 6.45) is 0. The molecule has 1 rings (SSSR count).